The Bertz CT molecular complexity index is 742. The summed E-state index contributed by atoms with van der Waals surface area (Å²) in [6.07, 6.45) is -0.487. The summed E-state index contributed by atoms with van der Waals surface area (Å²) in [4.78, 5) is 16.8. The fourth-order valence-corrected chi connectivity index (χ4v) is 3.23. The average Bonchev–Trinajstić information content (AvgIpc) is 2.63. The molecular formula is C20H23ClN2O2. The molecule has 0 spiro atoms. The van der Waals surface area contributed by atoms with Gasteiger partial charge in [0.2, 0.25) is 0 Å². The van der Waals surface area contributed by atoms with E-state index in [1.54, 1.807) is 0 Å². The maximum Gasteiger partial charge on any atom is 0.263 e. The summed E-state index contributed by atoms with van der Waals surface area (Å²) in [5, 5.41) is 0.733. The van der Waals surface area contributed by atoms with Gasteiger partial charge in [-0.15, -0.1) is 0 Å². The molecule has 1 saturated heterocycles. The zero-order valence-corrected chi connectivity index (χ0v) is 15.4. The van der Waals surface area contributed by atoms with Gasteiger partial charge in [-0.3, -0.25) is 4.79 Å². The van der Waals surface area contributed by atoms with Crippen LogP contribution < -0.4 is 9.64 Å². The van der Waals surface area contributed by atoms with Crippen LogP contribution in [0.2, 0.25) is 5.02 Å². The molecule has 1 aliphatic rings. The molecule has 25 heavy (non-hydrogen) atoms. The number of carbonyl (C=O) groups is 1. The maximum absolute atomic E-state index is 12.7. The van der Waals surface area contributed by atoms with Gasteiger partial charge in [0.25, 0.3) is 5.91 Å². The van der Waals surface area contributed by atoms with E-state index in [1.165, 1.54) is 0 Å². The first-order valence-electron chi connectivity index (χ1n) is 8.56. The van der Waals surface area contributed by atoms with Gasteiger partial charge in [0, 0.05) is 36.9 Å². The van der Waals surface area contributed by atoms with E-state index in [4.69, 9.17) is 16.3 Å². The number of aryl methyl sites for hydroxylation is 1. The molecule has 0 N–H and O–H groups in total. The molecule has 1 fully saturated rings. The van der Waals surface area contributed by atoms with Crippen LogP contribution in [-0.4, -0.2) is 43.1 Å². The Morgan fingerprint density at radius 2 is 1.80 bits per heavy atom. The average molecular weight is 359 g/mol. The molecule has 0 radical (unpaired) electrons. The van der Waals surface area contributed by atoms with Gasteiger partial charge in [0.1, 0.15) is 5.75 Å². The van der Waals surface area contributed by atoms with Crippen LogP contribution in [0.3, 0.4) is 0 Å². The highest BCUT2D eigenvalue weighted by atomic mass is 35.5. The normalized spacial score (nSPS) is 15.8. The molecular weight excluding hydrogens is 336 g/mol. The van der Waals surface area contributed by atoms with Gasteiger partial charge in [0.05, 0.1) is 0 Å². The number of hydrogen-bond acceptors (Lipinski definition) is 3. The lowest BCUT2D eigenvalue weighted by molar-refractivity contribution is -0.138. The number of anilines is 1. The fraction of sp³-hybridized carbons (Fsp3) is 0.350. The first-order valence-corrected chi connectivity index (χ1v) is 8.94. The third-order valence-corrected chi connectivity index (χ3v) is 4.74. The highest BCUT2D eigenvalue weighted by Crippen LogP contribution is 2.22. The third kappa shape index (κ3) is 4.26. The number of ether oxygens (including phenoxy) is 1. The number of halogens is 1. The zero-order valence-electron chi connectivity index (χ0n) is 14.6. The van der Waals surface area contributed by atoms with E-state index in [1.807, 2.05) is 67.3 Å². The molecule has 3 rings (SSSR count). The van der Waals surface area contributed by atoms with Crippen molar-refractivity contribution in [2.24, 2.45) is 0 Å². The van der Waals surface area contributed by atoms with Gasteiger partial charge in [-0.1, -0.05) is 35.9 Å². The van der Waals surface area contributed by atoms with Gasteiger partial charge >= 0.3 is 0 Å². The van der Waals surface area contributed by atoms with Gasteiger partial charge in [0.15, 0.2) is 6.10 Å². The summed E-state index contributed by atoms with van der Waals surface area (Å²) < 4.78 is 5.87. The molecule has 1 aliphatic heterocycles. The first-order chi connectivity index (χ1) is 12.0. The van der Waals surface area contributed by atoms with Crippen LogP contribution in [0.15, 0.2) is 48.5 Å². The minimum absolute atomic E-state index is 0.0361. The first kappa shape index (κ1) is 17.6. The lowest BCUT2D eigenvalue weighted by Gasteiger charge is -2.37. The van der Waals surface area contributed by atoms with Crippen LogP contribution >= 0.6 is 11.6 Å². The van der Waals surface area contributed by atoms with E-state index in [2.05, 4.69) is 4.90 Å². The third-order valence-electron chi connectivity index (χ3n) is 4.51. The highest BCUT2D eigenvalue weighted by Gasteiger charge is 2.26. The Labute approximate surface area is 154 Å². The molecule has 1 atom stereocenters. The minimum atomic E-state index is -0.487. The summed E-state index contributed by atoms with van der Waals surface area (Å²) >= 11 is 6.07. The lowest BCUT2D eigenvalue weighted by atomic mass is 10.2. The SMILES string of the molecule is Cc1ccccc1O[C@@H](C)C(=O)N1CCN(c2cccc(Cl)c2)CC1. The second-order valence-corrected chi connectivity index (χ2v) is 6.75. The molecule has 1 amide bonds. The second kappa shape index (κ2) is 7.79. The van der Waals surface area contributed by atoms with E-state index >= 15 is 0 Å². The minimum Gasteiger partial charge on any atom is -0.481 e. The molecule has 0 aliphatic carbocycles. The zero-order chi connectivity index (χ0) is 17.8. The second-order valence-electron chi connectivity index (χ2n) is 6.32. The predicted molar refractivity (Wildman–Crippen MR) is 102 cm³/mol. The smallest absolute Gasteiger partial charge is 0.263 e. The van der Waals surface area contributed by atoms with Crippen molar-refractivity contribution in [2.45, 2.75) is 20.0 Å². The summed E-state index contributed by atoms with van der Waals surface area (Å²) in [5.74, 6) is 0.801. The monoisotopic (exact) mass is 358 g/mol. The van der Waals surface area contributed by atoms with Crippen molar-refractivity contribution in [3.63, 3.8) is 0 Å². The summed E-state index contributed by atoms with van der Waals surface area (Å²) in [6.45, 7) is 6.76. The number of rotatable bonds is 4. The molecule has 2 aromatic carbocycles. The number of benzene rings is 2. The van der Waals surface area contributed by atoms with Crippen molar-refractivity contribution >= 4 is 23.2 Å². The van der Waals surface area contributed by atoms with Crippen molar-refractivity contribution in [1.29, 1.82) is 0 Å². The van der Waals surface area contributed by atoms with Crippen LogP contribution in [0.25, 0.3) is 0 Å². The van der Waals surface area contributed by atoms with Crippen LogP contribution in [0.5, 0.6) is 5.75 Å². The molecule has 2 aromatic rings. The molecule has 1 heterocycles. The Morgan fingerprint density at radius 3 is 2.48 bits per heavy atom. The Hall–Kier alpha value is -2.20. The Kier molecular flexibility index (Phi) is 5.49. The van der Waals surface area contributed by atoms with E-state index < -0.39 is 6.10 Å². The van der Waals surface area contributed by atoms with Crippen LogP contribution in [0, 0.1) is 6.92 Å². The lowest BCUT2D eigenvalue weighted by Crippen LogP contribution is -2.52. The summed E-state index contributed by atoms with van der Waals surface area (Å²) in [7, 11) is 0. The van der Waals surface area contributed by atoms with Crippen LogP contribution in [-0.2, 0) is 4.79 Å². The number of carbonyl (C=O) groups excluding carboxylic acids is 1. The molecule has 0 bridgehead atoms. The quantitative estimate of drug-likeness (QED) is 0.834. The Balaban J connectivity index is 1.57. The number of amides is 1. The summed E-state index contributed by atoms with van der Waals surface area (Å²) in [5.41, 5.74) is 2.14. The van der Waals surface area contributed by atoms with Crippen molar-refractivity contribution in [1.82, 2.24) is 4.90 Å². The van der Waals surface area contributed by atoms with Gasteiger partial charge in [-0.2, -0.15) is 0 Å². The highest BCUT2D eigenvalue weighted by molar-refractivity contribution is 6.30. The van der Waals surface area contributed by atoms with E-state index in [9.17, 15) is 4.79 Å². The molecule has 0 saturated carbocycles. The van der Waals surface area contributed by atoms with Crippen molar-refractivity contribution in [2.75, 3.05) is 31.1 Å². The molecule has 0 unspecified atom stereocenters. The number of para-hydroxylation sites is 1. The number of nitrogens with zero attached hydrogens (tertiary/aromatic N) is 2. The molecule has 4 nitrogen and oxygen atoms in total. The van der Waals surface area contributed by atoms with E-state index in [0.717, 1.165) is 35.1 Å². The van der Waals surface area contributed by atoms with Gasteiger partial charge in [-0.25, -0.2) is 0 Å². The van der Waals surface area contributed by atoms with Crippen LogP contribution in [0.1, 0.15) is 12.5 Å². The van der Waals surface area contributed by atoms with Crippen molar-refractivity contribution in [3.05, 3.63) is 59.1 Å². The number of hydrogen-bond donors (Lipinski definition) is 0. The predicted octanol–water partition coefficient (Wildman–Crippen LogP) is 3.76. The largest absolute Gasteiger partial charge is 0.481 e. The number of piperazine rings is 1. The topological polar surface area (TPSA) is 32.8 Å². The van der Waals surface area contributed by atoms with Gasteiger partial charge in [-0.05, 0) is 43.7 Å². The van der Waals surface area contributed by atoms with E-state index in [-0.39, 0.29) is 5.91 Å². The van der Waals surface area contributed by atoms with Crippen LogP contribution in [0.4, 0.5) is 5.69 Å². The van der Waals surface area contributed by atoms with Gasteiger partial charge < -0.3 is 14.5 Å². The van der Waals surface area contributed by atoms with Crippen molar-refractivity contribution in [3.8, 4) is 5.75 Å². The Morgan fingerprint density at radius 1 is 1.08 bits per heavy atom. The molecule has 132 valence electrons. The fourth-order valence-electron chi connectivity index (χ4n) is 3.04. The molecule has 5 heteroatoms. The maximum atomic E-state index is 12.7. The standard InChI is InChI=1S/C20H23ClN2O2/c1-15-6-3-4-9-19(15)25-16(2)20(24)23-12-10-22(11-13-23)18-8-5-7-17(21)14-18/h3-9,14,16H,10-13H2,1-2H3/t16-/m0/s1. The summed E-state index contributed by atoms with van der Waals surface area (Å²) in [6, 6.07) is 15.6. The van der Waals surface area contributed by atoms with Crippen molar-refractivity contribution < 1.29 is 9.53 Å². The van der Waals surface area contributed by atoms with E-state index in [0.29, 0.717) is 13.1 Å². The molecule has 0 aromatic heterocycles.